The minimum Gasteiger partial charge on any atom is -0.394 e. The third kappa shape index (κ3) is 5.05. The third-order valence-electron chi connectivity index (χ3n) is 4.94. The van der Waals surface area contributed by atoms with Crippen LogP contribution in [-0.4, -0.2) is 0 Å². The van der Waals surface area contributed by atoms with Gasteiger partial charge in [-0.25, -0.2) is 4.57 Å². The van der Waals surface area contributed by atoms with Gasteiger partial charge >= 0.3 is 7.82 Å². The first kappa shape index (κ1) is 22.2. The molecule has 0 bridgehead atoms. The van der Waals surface area contributed by atoms with Gasteiger partial charge in [-0.1, -0.05) is 83.9 Å². The molecular weight excluding hydrogens is 443 g/mol. The lowest BCUT2D eigenvalue weighted by atomic mass is 10.0. The van der Waals surface area contributed by atoms with Crippen molar-refractivity contribution < 1.29 is 17.7 Å². The van der Waals surface area contributed by atoms with Crippen molar-refractivity contribution in [3.05, 3.63) is 108 Å². The molecular formula is C26H22ClO4P. The summed E-state index contributed by atoms with van der Waals surface area (Å²) in [5.41, 5.74) is 5.40. The number of phosphoric ester groups is 1. The second-order valence-corrected chi connectivity index (χ2v) is 9.24. The summed E-state index contributed by atoms with van der Waals surface area (Å²) in [6, 6.07) is 30.4. The molecule has 0 heterocycles. The maximum atomic E-state index is 13.5. The lowest BCUT2D eigenvalue weighted by Gasteiger charge is -2.20. The summed E-state index contributed by atoms with van der Waals surface area (Å²) in [5.74, 6) is 0.693. The second kappa shape index (κ2) is 9.62. The summed E-state index contributed by atoms with van der Waals surface area (Å²) < 4.78 is 29.8. The highest BCUT2D eigenvalue weighted by atomic mass is 35.5. The predicted molar refractivity (Wildman–Crippen MR) is 129 cm³/mol. The van der Waals surface area contributed by atoms with Gasteiger partial charge in [0.05, 0.1) is 11.9 Å². The van der Waals surface area contributed by atoms with Crippen molar-refractivity contribution in [2.45, 2.75) is 13.8 Å². The van der Waals surface area contributed by atoms with E-state index in [1.54, 1.807) is 12.1 Å². The maximum Gasteiger partial charge on any atom is 0.604 e. The molecule has 0 saturated carbocycles. The Morgan fingerprint density at radius 1 is 0.625 bits per heavy atom. The standard InChI is InChI=1S/C26H22ClO4P/c1-19-13-15-25(23(17-19)21-9-5-3-6-10-21)29-32(28,31-27)30-26-16-14-20(2)18-24(26)22-11-7-4-8-12-22/h3-18H,1-2H3. The first-order valence-electron chi connectivity index (χ1n) is 10.1. The molecule has 0 N–H and O–H groups in total. The van der Waals surface area contributed by atoms with Gasteiger partial charge < -0.3 is 9.05 Å². The molecule has 0 aliphatic rings. The maximum absolute atomic E-state index is 13.5. The van der Waals surface area contributed by atoms with E-state index in [4.69, 9.17) is 25.0 Å². The van der Waals surface area contributed by atoms with Crippen molar-refractivity contribution in [1.82, 2.24) is 0 Å². The zero-order valence-electron chi connectivity index (χ0n) is 17.7. The number of hydrogen-bond donors (Lipinski definition) is 0. The fourth-order valence-corrected chi connectivity index (χ4v) is 4.48. The molecule has 0 aliphatic heterocycles. The molecule has 0 spiro atoms. The zero-order valence-corrected chi connectivity index (χ0v) is 19.3. The highest BCUT2D eigenvalue weighted by Gasteiger charge is 2.33. The van der Waals surface area contributed by atoms with Crippen LogP contribution in [-0.2, 0) is 8.64 Å². The molecule has 0 aromatic heterocycles. The van der Waals surface area contributed by atoms with Gasteiger partial charge in [-0.3, -0.25) is 0 Å². The van der Waals surface area contributed by atoms with E-state index < -0.39 is 7.82 Å². The van der Waals surface area contributed by atoms with Gasteiger partial charge in [0.2, 0.25) is 0 Å². The largest absolute Gasteiger partial charge is 0.604 e. The summed E-state index contributed by atoms with van der Waals surface area (Å²) in [7, 11) is -4.20. The molecule has 0 atom stereocenters. The number of benzene rings is 4. The van der Waals surface area contributed by atoms with Crippen LogP contribution in [0.1, 0.15) is 11.1 Å². The van der Waals surface area contributed by atoms with Crippen molar-refractivity contribution in [1.29, 1.82) is 0 Å². The predicted octanol–water partition coefficient (Wildman–Crippen LogP) is 8.37. The second-order valence-electron chi connectivity index (χ2n) is 7.43. The van der Waals surface area contributed by atoms with Crippen molar-refractivity contribution in [3.8, 4) is 33.8 Å². The summed E-state index contributed by atoms with van der Waals surface area (Å²) in [4.78, 5) is 0. The number of rotatable bonds is 7. The highest BCUT2D eigenvalue weighted by Crippen LogP contribution is 2.54. The molecule has 32 heavy (non-hydrogen) atoms. The Morgan fingerprint density at radius 3 is 1.41 bits per heavy atom. The van der Waals surface area contributed by atoms with Crippen LogP contribution in [0.3, 0.4) is 0 Å². The Balaban J connectivity index is 1.71. The van der Waals surface area contributed by atoms with Gasteiger partial charge in [-0.2, -0.15) is 4.08 Å². The summed E-state index contributed by atoms with van der Waals surface area (Å²) in [6.07, 6.45) is 0. The topological polar surface area (TPSA) is 44.8 Å². The van der Waals surface area contributed by atoms with Crippen molar-refractivity contribution >= 4 is 19.7 Å². The minimum atomic E-state index is -4.20. The fraction of sp³-hybridized carbons (Fsp3) is 0.0769. The Hall–Kier alpha value is -3.04. The van der Waals surface area contributed by atoms with E-state index in [-0.39, 0.29) is 0 Å². The number of hydrogen-bond acceptors (Lipinski definition) is 4. The monoisotopic (exact) mass is 464 g/mol. The van der Waals surface area contributed by atoms with Gasteiger partial charge in [-0.05, 0) is 49.2 Å². The van der Waals surface area contributed by atoms with E-state index in [2.05, 4.69) is 0 Å². The Kier molecular flexibility index (Phi) is 6.66. The average molecular weight is 465 g/mol. The molecule has 6 heteroatoms. The van der Waals surface area contributed by atoms with Gasteiger partial charge in [-0.15, -0.1) is 0 Å². The molecule has 0 fully saturated rings. The van der Waals surface area contributed by atoms with Crippen molar-refractivity contribution in [3.63, 3.8) is 0 Å². The Labute approximate surface area is 193 Å². The molecule has 4 nitrogen and oxygen atoms in total. The average Bonchev–Trinajstić information content (AvgIpc) is 2.82. The van der Waals surface area contributed by atoms with E-state index in [0.29, 0.717) is 11.5 Å². The van der Waals surface area contributed by atoms with Crippen LogP contribution in [0.15, 0.2) is 97.1 Å². The number of phosphoric acid groups is 1. The van der Waals surface area contributed by atoms with Crippen LogP contribution < -0.4 is 9.05 Å². The highest BCUT2D eigenvalue weighted by molar-refractivity contribution is 7.50. The normalized spacial score (nSPS) is 11.2. The van der Waals surface area contributed by atoms with Gasteiger partial charge in [0.1, 0.15) is 11.5 Å². The number of aryl methyl sites for hydroxylation is 2. The number of halogens is 1. The molecule has 0 aliphatic carbocycles. The van der Waals surface area contributed by atoms with Crippen LogP contribution in [0, 0.1) is 13.8 Å². The molecule has 4 rings (SSSR count). The van der Waals surface area contributed by atoms with E-state index in [1.807, 2.05) is 98.8 Å². The quantitative estimate of drug-likeness (QED) is 0.258. The molecule has 4 aromatic carbocycles. The summed E-state index contributed by atoms with van der Waals surface area (Å²) in [6.45, 7) is 3.95. The first-order chi connectivity index (χ1) is 15.5. The lowest BCUT2D eigenvalue weighted by molar-refractivity contribution is 0.309. The molecule has 0 unspecified atom stereocenters. The van der Waals surface area contributed by atoms with Crippen LogP contribution in [0.25, 0.3) is 22.3 Å². The van der Waals surface area contributed by atoms with Crippen molar-refractivity contribution in [2.24, 2.45) is 0 Å². The van der Waals surface area contributed by atoms with E-state index in [1.165, 1.54) is 0 Å². The molecule has 0 saturated heterocycles. The van der Waals surface area contributed by atoms with Crippen LogP contribution in [0.2, 0.25) is 0 Å². The van der Waals surface area contributed by atoms with Gasteiger partial charge in [0.25, 0.3) is 0 Å². The summed E-state index contributed by atoms with van der Waals surface area (Å²) in [5, 5.41) is 0. The molecule has 162 valence electrons. The van der Waals surface area contributed by atoms with E-state index in [9.17, 15) is 4.57 Å². The van der Waals surface area contributed by atoms with E-state index >= 15 is 0 Å². The fourth-order valence-electron chi connectivity index (χ4n) is 3.42. The third-order valence-corrected chi connectivity index (χ3v) is 6.46. The summed E-state index contributed by atoms with van der Waals surface area (Å²) >= 11 is 5.65. The van der Waals surface area contributed by atoms with Gasteiger partial charge in [0.15, 0.2) is 0 Å². The lowest BCUT2D eigenvalue weighted by Crippen LogP contribution is -2.03. The zero-order chi connectivity index (χ0) is 22.6. The molecule has 4 aromatic rings. The first-order valence-corrected chi connectivity index (χ1v) is 11.9. The molecule has 0 radical (unpaired) electrons. The van der Waals surface area contributed by atoms with Crippen LogP contribution in [0.4, 0.5) is 0 Å². The van der Waals surface area contributed by atoms with Crippen LogP contribution >= 0.6 is 19.7 Å². The molecule has 0 amide bonds. The van der Waals surface area contributed by atoms with Crippen molar-refractivity contribution in [2.75, 3.05) is 0 Å². The van der Waals surface area contributed by atoms with Gasteiger partial charge in [0, 0.05) is 11.1 Å². The van der Waals surface area contributed by atoms with Crippen LogP contribution in [0.5, 0.6) is 11.5 Å². The smallest absolute Gasteiger partial charge is 0.394 e. The SMILES string of the molecule is Cc1ccc(OP(=O)(OCl)Oc2ccc(C)cc2-c2ccccc2)c(-c2ccccc2)c1. The Bertz CT molecular complexity index is 1160. The minimum absolute atomic E-state index is 0.346. The Morgan fingerprint density at radius 2 is 1.03 bits per heavy atom. The van der Waals surface area contributed by atoms with E-state index in [0.717, 1.165) is 33.4 Å².